The largest absolute Gasteiger partial charge is 0.395 e. The van der Waals surface area contributed by atoms with Gasteiger partial charge in [-0.05, 0) is 48.6 Å². The molecule has 1 aliphatic carbocycles. The van der Waals surface area contributed by atoms with Crippen molar-refractivity contribution in [2.75, 3.05) is 26.2 Å². The van der Waals surface area contributed by atoms with Crippen LogP contribution in [-0.4, -0.2) is 52.3 Å². The number of aliphatic hydroxyl groups excluding tert-OH is 1. The number of hydrogen-bond donors (Lipinski definition) is 4. The molecular weight excluding hydrogens is 366 g/mol. The first kappa shape index (κ1) is 21.0. The number of fused-ring (bicyclic) bond motifs is 1. The highest BCUT2D eigenvalue weighted by molar-refractivity contribution is 5.83. The minimum Gasteiger partial charge on any atom is -0.395 e. The Balaban J connectivity index is 1.58. The Morgan fingerprint density at radius 2 is 2.17 bits per heavy atom. The number of aliphatic hydroxyl groups is 1. The number of nitrogens with one attached hydrogen (secondary N) is 2. The van der Waals surface area contributed by atoms with Crippen molar-refractivity contribution in [2.24, 2.45) is 0 Å². The average Bonchev–Trinajstić information content (AvgIpc) is 3.13. The van der Waals surface area contributed by atoms with E-state index in [1.807, 2.05) is 12.2 Å². The number of aryl methyl sites for hydroxylation is 1. The summed E-state index contributed by atoms with van der Waals surface area (Å²) in [6.07, 6.45) is 12.0. The van der Waals surface area contributed by atoms with Crippen molar-refractivity contribution >= 4 is 16.8 Å². The molecule has 0 radical (unpaired) electrons. The average molecular weight is 396 g/mol. The topological polar surface area (TPSA) is 88.6 Å². The van der Waals surface area contributed by atoms with Gasteiger partial charge in [-0.25, -0.2) is 5.48 Å². The number of hydrogen-bond acceptors (Lipinski definition) is 4. The predicted octanol–water partition coefficient (Wildman–Crippen LogP) is 3.02. The normalized spacial score (nSPS) is 15.3. The molecule has 6 nitrogen and oxygen atoms in total. The van der Waals surface area contributed by atoms with E-state index in [-0.39, 0.29) is 13.0 Å². The molecule has 1 amide bonds. The minimum atomic E-state index is -0.415. The van der Waals surface area contributed by atoms with E-state index in [0.717, 1.165) is 37.0 Å². The van der Waals surface area contributed by atoms with Crippen LogP contribution in [0.2, 0.25) is 0 Å². The van der Waals surface area contributed by atoms with E-state index in [2.05, 4.69) is 53.4 Å². The van der Waals surface area contributed by atoms with Gasteiger partial charge >= 0.3 is 0 Å². The van der Waals surface area contributed by atoms with E-state index in [4.69, 9.17) is 5.21 Å². The zero-order valence-corrected chi connectivity index (χ0v) is 16.8. The Kier molecular flexibility index (Phi) is 7.41. The van der Waals surface area contributed by atoms with Gasteiger partial charge in [-0.15, -0.1) is 0 Å². The number of hydroxylamine groups is 1. The standard InChI is InChI=1S/C23H29N3O3/c1-17-2-8-22-21(14-17)20(15-24-22)10-11-26(12-13-27)16-19-5-3-18(4-6-19)7-9-23(28)25-29/h2-3,5-8,14-15,24,27,29H,4,9-13,16H2,1H3,(H,25,28). The van der Waals surface area contributed by atoms with Gasteiger partial charge in [0.15, 0.2) is 0 Å². The first-order valence-electron chi connectivity index (χ1n) is 9.98. The van der Waals surface area contributed by atoms with Crippen molar-refractivity contribution in [3.63, 3.8) is 0 Å². The van der Waals surface area contributed by atoms with Crippen LogP contribution in [0.15, 0.2) is 59.8 Å². The number of aromatic nitrogens is 1. The summed E-state index contributed by atoms with van der Waals surface area (Å²) < 4.78 is 0. The molecule has 1 heterocycles. The third-order valence-electron chi connectivity index (χ3n) is 5.23. The second-order valence-corrected chi connectivity index (χ2v) is 7.45. The molecule has 0 atom stereocenters. The maximum Gasteiger partial charge on any atom is 0.247 e. The van der Waals surface area contributed by atoms with Crippen LogP contribution >= 0.6 is 0 Å². The van der Waals surface area contributed by atoms with Crippen LogP contribution in [0.5, 0.6) is 0 Å². The maximum atomic E-state index is 11.1. The minimum absolute atomic E-state index is 0.130. The van der Waals surface area contributed by atoms with E-state index < -0.39 is 5.91 Å². The van der Waals surface area contributed by atoms with Crippen molar-refractivity contribution in [1.82, 2.24) is 15.4 Å². The highest BCUT2D eigenvalue weighted by Crippen LogP contribution is 2.21. The second kappa shape index (κ2) is 10.2. The van der Waals surface area contributed by atoms with Crippen LogP contribution in [0, 0.1) is 6.92 Å². The molecule has 29 heavy (non-hydrogen) atoms. The number of amides is 1. The van der Waals surface area contributed by atoms with Crippen molar-refractivity contribution in [3.05, 3.63) is 71.0 Å². The molecule has 1 aromatic heterocycles. The molecule has 0 unspecified atom stereocenters. The van der Waals surface area contributed by atoms with Gasteiger partial charge in [0.25, 0.3) is 0 Å². The molecule has 154 valence electrons. The fourth-order valence-electron chi connectivity index (χ4n) is 3.58. The molecule has 0 saturated heterocycles. The third kappa shape index (κ3) is 5.90. The van der Waals surface area contributed by atoms with Gasteiger partial charge < -0.3 is 10.1 Å². The fraction of sp³-hybridized carbons (Fsp3) is 0.348. The number of carbonyl (C=O) groups excluding carboxylic acids is 1. The SMILES string of the molecule is Cc1ccc2[nH]cc(CCN(CCO)CC3=CCC(=CCC(=O)NO)C=C3)c2c1. The molecule has 0 bridgehead atoms. The van der Waals surface area contributed by atoms with Gasteiger partial charge in [0.05, 0.1) is 6.61 Å². The summed E-state index contributed by atoms with van der Waals surface area (Å²) >= 11 is 0. The lowest BCUT2D eigenvalue weighted by atomic mass is 10.0. The molecule has 0 aliphatic heterocycles. The second-order valence-electron chi connectivity index (χ2n) is 7.45. The molecule has 4 N–H and O–H groups in total. The number of carbonyl (C=O) groups is 1. The molecule has 6 heteroatoms. The molecule has 2 aromatic rings. The van der Waals surface area contributed by atoms with E-state index >= 15 is 0 Å². The summed E-state index contributed by atoms with van der Waals surface area (Å²) in [6, 6.07) is 6.45. The van der Waals surface area contributed by atoms with E-state index in [0.29, 0.717) is 6.54 Å². The number of benzene rings is 1. The third-order valence-corrected chi connectivity index (χ3v) is 5.23. The Hall–Kier alpha value is -2.67. The van der Waals surface area contributed by atoms with Gasteiger partial charge in [0.2, 0.25) is 5.91 Å². The summed E-state index contributed by atoms with van der Waals surface area (Å²) in [4.78, 5) is 16.7. The number of allylic oxidation sites excluding steroid dienone is 3. The van der Waals surface area contributed by atoms with Crippen molar-refractivity contribution in [1.29, 1.82) is 0 Å². The molecule has 3 rings (SSSR count). The van der Waals surface area contributed by atoms with Gasteiger partial charge in [-0.3, -0.25) is 14.9 Å². The quantitative estimate of drug-likeness (QED) is 0.388. The summed E-state index contributed by atoms with van der Waals surface area (Å²) in [5, 5.41) is 19.3. The van der Waals surface area contributed by atoms with Gasteiger partial charge in [0.1, 0.15) is 0 Å². The van der Waals surface area contributed by atoms with Crippen molar-refractivity contribution in [3.8, 4) is 0 Å². The summed E-state index contributed by atoms with van der Waals surface area (Å²) in [6.45, 7) is 4.52. The van der Waals surface area contributed by atoms with Crippen LogP contribution in [0.4, 0.5) is 0 Å². The van der Waals surface area contributed by atoms with E-state index in [1.165, 1.54) is 22.1 Å². The van der Waals surface area contributed by atoms with E-state index in [9.17, 15) is 9.90 Å². The lowest BCUT2D eigenvalue weighted by Gasteiger charge is -2.23. The number of rotatable bonds is 9. The summed E-state index contributed by atoms with van der Waals surface area (Å²) in [5.74, 6) is -0.415. The zero-order valence-electron chi connectivity index (χ0n) is 16.8. The molecule has 1 aromatic carbocycles. The highest BCUT2D eigenvalue weighted by atomic mass is 16.5. The van der Waals surface area contributed by atoms with Gasteiger partial charge in [-0.2, -0.15) is 0 Å². The Bertz CT molecular complexity index is 940. The Labute approximate surface area is 171 Å². The first-order chi connectivity index (χ1) is 14.1. The number of nitrogens with zero attached hydrogens (tertiary/aromatic N) is 1. The van der Waals surface area contributed by atoms with Crippen LogP contribution in [-0.2, 0) is 11.2 Å². The van der Waals surface area contributed by atoms with Gasteiger partial charge in [-0.1, -0.05) is 35.9 Å². The molecule has 1 aliphatic rings. The zero-order chi connectivity index (χ0) is 20.6. The molecule has 0 spiro atoms. The lowest BCUT2D eigenvalue weighted by Crippen LogP contribution is -2.31. The summed E-state index contributed by atoms with van der Waals surface area (Å²) in [7, 11) is 0. The van der Waals surface area contributed by atoms with Crippen LogP contribution < -0.4 is 5.48 Å². The Morgan fingerprint density at radius 1 is 1.31 bits per heavy atom. The fourth-order valence-corrected chi connectivity index (χ4v) is 3.58. The lowest BCUT2D eigenvalue weighted by molar-refractivity contribution is -0.128. The van der Waals surface area contributed by atoms with Crippen LogP contribution in [0.1, 0.15) is 24.0 Å². The molecule has 0 fully saturated rings. The first-order valence-corrected chi connectivity index (χ1v) is 9.98. The smallest absolute Gasteiger partial charge is 0.247 e. The number of aromatic amines is 1. The number of H-pyrrole nitrogens is 1. The molecular formula is C23H29N3O3. The monoisotopic (exact) mass is 395 g/mol. The van der Waals surface area contributed by atoms with Crippen LogP contribution in [0.25, 0.3) is 10.9 Å². The van der Waals surface area contributed by atoms with Crippen molar-refractivity contribution in [2.45, 2.75) is 26.2 Å². The van der Waals surface area contributed by atoms with Crippen LogP contribution in [0.3, 0.4) is 0 Å². The van der Waals surface area contributed by atoms with Crippen molar-refractivity contribution < 1.29 is 15.1 Å². The van der Waals surface area contributed by atoms with E-state index in [1.54, 1.807) is 5.48 Å². The Morgan fingerprint density at radius 3 is 2.90 bits per heavy atom. The van der Waals surface area contributed by atoms with Gasteiger partial charge in [0, 0.05) is 43.2 Å². The highest BCUT2D eigenvalue weighted by Gasteiger charge is 2.11. The predicted molar refractivity (Wildman–Crippen MR) is 115 cm³/mol. The molecule has 0 saturated carbocycles. The summed E-state index contributed by atoms with van der Waals surface area (Å²) in [5.41, 5.74) is 7.61. The maximum absolute atomic E-state index is 11.1.